The van der Waals surface area contributed by atoms with E-state index in [0.717, 1.165) is 18.1 Å². The number of nitrogens with zero attached hydrogens (tertiary/aromatic N) is 3. The second-order valence-electron chi connectivity index (χ2n) is 5.54. The van der Waals surface area contributed by atoms with Gasteiger partial charge in [0, 0.05) is 19.0 Å². The molecule has 0 spiro atoms. The second-order valence-corrected chi connectivity index (χ2v) is 7.25. The van der Waals surface area contributed by atoms with Gasteiger partial charge in [0.15, 0.2) is 0 Å². The SMILES string of the molecule is CCOc1ccc(S(=O)(=O)NC2CCc3nnc(C)n3C2)cc1. The largest absolute Gasteiger partial charge is 0.494 e. The lowest BCUT2D eigenvalue weighted by molar-refractivity contribution is 0.340. The highest BCUT2D eigenvalue weighted by molar-refractivity contribution is 7.89. The number of benzene rings is 1. The molecule has 1 atom stereocenters. The molecule has 1 aliphatic heterocycles. The highest BCUT2D eigenvalue weighted by atomic mass is 32.2. The van der Waals surface area contributed by atoms with Gasteiger partial charge < -0.3 is 9.30 Å². The fourth-order valence-corrected chi connectivity index (χ4v) is 3.99. The Kier molecular flexibility index (Phi) is 4.36. The summed E-state index contributed by atoms with van der Waals surface area (Å²) in [5.74, 6) is 2.39. The van der Waals surface area contributed by atoms with Crippen LogP contribution in [0.2, 0.25) is 0 Å². The van der Waals surface area contributed by atoms with Gasteiger partial charge >= 0.3 is 0 Å². The Morgan fingerprint density at radius 1 is 1.30 bits per heavy atom. The molecule has 1 N–H and O–H groups in total. The van der Waals surface area contributed by atoms with E-state index in [1.54, 1.807) is 24.3 Å². The third-order valence-corrected chi connectivity index (χ3v) is 5.43. The normalized spacial score (nSPS) is 17.7. The molecule has 1 aliphatic rings. The van der Waals surface area contributed by atoms with E-state index in [4.69, 9.17) is 4.74 Å². The number of ether oxygens (including phenoxy) is 1. The molecular weight excluding hydrogens is 316 g/mol. The van der Waals surface area contributed by atoms with E-state index in [-0.39, 0.29) is 10.9 Å². The summed E-state index contributed by atoms with van der Waals surface area (Å²) in [5.41, 5.74) is 0. The summed E-state index contributed by atoms with van der Waals surface area (Å²) < 4.78 is 35.1. The van der Waals surface area contributed by atoms with E-state index < -0.39 is 10.0 Å². The van der Waals surface area contributed by atoms with Crippen LogP contribution in [0.3, 0.4) is 0 Å². The molecule has 0 aliphatic carbocycles. The highest BCUT2D eigenvalue weighted by Crippen LogP contribution is 2.19. The van der Waals surface area contributed by atoms with Crippen LogP contribution in [-0.4, -0.2) is 35.8 Å². The number of hydrogen-bond acceptors (Lipinski definition) is 5. The van der Waals surface area contributed by atoms with Crippen LogP contribution in [0, 0.1) is 6.92 Å². The van der Waals surface area contributed by atoms with Crippen molar-refractivity contribution in [1.82, 2.24) is 19.5 Å². The molecule has 0 fully saturated rings. The fourth-order valence-electron chi connectivity index (χ4n) is 2.73. The van der Waals surface area contributed by atoms with Crippen LogP contribution >= 0.6 is 0 Å². The van der Waals surface area contributed by atoms with Gasteiger partial charge in [-0.05, 0) is 44.5 Å². The van der Waals surface area contributed by atoms with Crippen LogP contribution in [0.1, 0.15) is 25.0 Å². The molecule has 0 saturated carbocycles. The summed E-state index contributed by atoms with van der Waals surface area (Å²) in [4.78, 5) is 0.243. The van der Waals surface area contributed by atoms with E-state index in [1.165, 1.54) is 0 Å². The minimum absolute atomic E-state index is 0.159. The molecule has 7 nitrogen and oxygen atoms in total. The molecule has 0 amide bonds. The highest BCUT2D eigenvalue weighted by Gasteiger charge is 2.26. The average molecular weight is 336 g/mol. The van der Waals surface area contributed by atoms with Crippen molar-refractivity contribution in [3.8, 4) is 5.75 Å². The van der Waals surface area contributed by atoms with Crippen molar-refractivity contribution < 1.29 is 13.2 Å². The lowest BCUT2D eigenvalue weighted by Crippen LogP contribution is -2.41. The average Bonchev–Trinajstić information content (AvgIpc) is 2.89. The van der Waals surface area contributed by atoms with Gasteiger partial charge in [-0.1, -0.05) is 0 Å². The maximum atomic E-state index is 12.5. The Labute approximate surface area is 135 Å². The molecule has 124 valence electrons. The molecule has 0 radical (unpaired) electrons. The molecule has 8 heteroatoms. The zero-order valence-corrected chi connectivity index (χ0v) is 14.0. The summed E-state index contributed by atoms with van der Waals surface area (Å²) in [5, 5.41) is 8.13. The standard InChI is InChI=1S/C15H20N4O3S/c1-3-22-13-5-7-14(8-6-13)23(20,21)18-12-4-9-15-17-16-11(2)19(15)10-12/h5-8,12,18H,3-4,9-10H2,1-2H3. The number of sulfonamides is 1. The van der Waals surface area contributed by atoms with Gasteiger partial charge in [0.2, 0.25) is 10.0 Å². The van der Waals surface area contributed by atoms with E-state index in [2.05, 4.69) is 14.9 Å². The van der Waals surface area contributed by atoms with Crippen molar-refractivity contribution in [2.45, 2.75) is 44.2 Å². The summed E-state index contributed by atoms with van der Waals surface area (Å²) in [6, 6.07) is 6.30. The lowest BCUT2D eigenvalue weighted by atomic mass is 10.1. The van der Waals surface area contributed by atoms with Crippen LogP contribution < -0.4 is 9.46 Å². The minimum Gasteiger partial charge on any atom is -0.494 e. The zero-order valence-electron chi connectivity index (χ0n) is 13.2. The predicted octanol–water partition coefficient (Wildman–Crippen LogP) is 1.28. The number of nitrogens with one attached hydrogen (secondary N) is 1. The number of aryl methyl sites for hydroxylation is 2. The van der Waals surface area contributed by atoms with Gasteiger partial charge in [-0.3, -0.25) is 0 Å². The molecule has 0 saturated heterocycles. The van der Waals surface area contributed by atoms with Crippen LogP contribution in [0.15, 0.2) is 29.2 Å². The maximum absolute atomic E-state index is 12.5. The Morgan fingerprint density at radius 2 is 2.04 bits per heavy atom. The van der Waals surface area contributed by atoms with Crippen LogP contribution in [0.5, 0.6) is 5.75 Å². The number of hydrogen-bond donors (Lipinski definition) is 1. The van der Waals surface area contributed by atoms with Crippen molar-refractivity contribution in [2.24, 2.45) is 0 Å². The van der Waals surface area contributed by atoms with Crippen molar-refractivity contribution in [1.29, 1.82) is 0 Å². The first-order valence-electron chi connectivity index (χ1n) is 7.63. The van der Waals surface area contributed by atoms with Gasteiger partial charge in [-0.2, -0.15) is 0 Å². The first kappa shape index (κ1) is 15.9. The van der Waals surface area contributed by atoms with Gasteiger partial charge in [0.05, 0.1) is 11.5 Å². The number of aromatic nitrogens is 3. The summed E-state index contributed by atoms with van der Waals surface area (Å²) in [6.45, 7) is 4.87. The Hall–Kier alpha value is -1.93. The van der Waals surface area contributed by atoms with Crippen molar-refractivity contribution in [2.75, 3.05) is 6.61 Å². The molecule has 0 bridgehead atoms. The minimum atomic E-state index is -3.55. The monoisotopic (exact) mass is 336 g/mol. The molecular formula is C15H20N4O3S. The van der Waals surface area contributed by atoms with E-state index in [0.29, 0.717) is 25.3 Å². The van der Waals surface area contributed by atoms with E-state index in [1.807, 2.05) is 18.4 Å². The fraction of sp³-hybridized carbons (Fsp3) is 0.467. The third kappa shape index (κ3) is 3.37. The molecule has 1 aromatic carbocycles. The molecule has 1 unspecified atom stereocenters. The van der Waals surface area contributed by atoms with Crippen molar-refractivity contribution >= 4 is 10.0 Å². The topological polar surface area (TPSA) is 86.1 Å². The molecule has 23 heavy (non-hydrogen) atoms. The third-order valence-electron chi connectivity index (χ3n) is 3.90. The molecule has 2 aromatic rings. The molecule has 3 rings (SSSR count). The summed E-state index contributed by atoms with van der Waals surface area (Å²) >= 11 is 0. The summed E-state index contributed by atoms with van der Waals surface area (Å²) in [6.07, 6.45) is 1.44. The van der Waals surface area contributed by atoms with E-state index in [9.17, 15) is 8.42 Å². The summed E-state index contributed by atoms with van der Waals surface area (Å²) in [7, 11) is -3.55. The predicted molar refractivity (Wildman–Crippen MR) is 84.8 cm³/mol. The van der Waals surface area contributed by atoms with Crippen molar-refractivity contribution in [3.05, 3.63) is 35.9 Å². The molecule has 1 aromatic heterocycles. The van der Waals surface area contributed by atoms with Crippen LogP contribution in [-0.2, 0) is 23.0 Å². The Balaban J connectivity index is 1.73. The Bertz CT molecular complexity index is 784. The van der Waals surface area contributed by atoms with E-state index >= 15 is 0 Å². The zero-order chi connectivity index (χ0) is 16.4. The number of rotatable bonds is 5. The Morgan fingerprint density at radius 3 is 2.74 bits per heavy atom. The quantitative estimate of drug-likeness (QED) is 0.889. The number of fused-ring (bicyclic) bond motifs is 1. The molecule has 2 heterocycles. The van der Waals surface area contributed by atoms with Gasteiger partial charge in [0.1, 0.15) is 17.4 Å². The second kappa shape index (κ2) is 6.29. The first-order valence-corrected chi connectivity index (χ1v) is 9.12. The van der Waals surface area contributed by atoms with Gasteiger partial charge in [0.25, 0.3) is 0 Å². The van der Waals surface area contributed by atoms with Gasteiger partial charge in [-0.15, -0.1) is 10.2 Å². The van der Waals surface area contributed by atoms with Crippen LogP contribution in [0.4, 0.5) is 0 Å². The first-order chi connectivity index (χ1) is 11.0. The van der Waals surface area contributed by atoms with Crippen molar-refractivity contribution in [3.63, 3.8) is 0 Å². The smallest absolute Gasteiger partial charge is 0.240 e. The van der Waals surface area contributed by atoms with Crippen LogP contribution in [0.25, 0.3) is 0 Å². The lowest BCUT2D eigenvalue weighted by Gasteiger charge is -2.24. The maximum Gasteiger partial charge on any atom is 0.240 e. The van der Waals surface area contributed by atoms with Gasteiger partial charge in [-0.25, -0.2) is 13.1 Å².